The number of nitrogens with two attached hydrogens (primary N) is 9. The van der Waals surface area contributed by atoms with Gasteiger partial charge in [0.25, 0.3) is 0 Å². The van der Waals surface area contributed by atoms with E-state index in [1.807, 2.05) is 0 Å². The molecular formula is C26H59N16O14-. The minimum atomic E-state index is -2.08. The highest BCUT2D eigenvalue weighted by Gasteiger charge is 2.10. The lowest BCUT2D eigenvalue weighted by Crippen LogP contribution is -2.68. The molecule has 0 saturated heterocycles. The Bertz CT molecular complexity index is 1040. The van der Waals surface area contributed by atoms with Crippen molar-refractivity contribution in [2.45, 2.75) is 75.5 Å². The molecule has 0 aromatic rings. The van der Waals surface area contributed by atoms with Gasteiger partial charge in [0.2, 0.25) is 6.16 Å². The van der Waals surface area contributed by atoms with Crippen LogP contribution in [0.5, 0.6) is 0 Å². The standard InChI is InChI=1S/4C6H14N4O2.2CH2O3/c4*7-4(5(11)12)2-1-3-10-6(8)9;2*2-1(3)4/h4*4H,1-3,7H2,(H,11,12)(H4,8,9,10);2*(H2,2,3,4)/p-1. The quantitative estimate of drug-likeness (QED) is 0.0308. The average molecular weight is 820 g/mol. The smallest absolute Gasteiger partial charge is 0.503 e. The predicted molar refractivity (Wildman–Crippen MR) is 189 cm³/mol. The highest BCUT2D eigenvalue weighted by Crippen LogP contribution is 1.95. The first kappa shape index (κ1) is 61.4. The van der Waals surface area contributed by atoms with Gasteiger partial charge in [-0.15, -0.1) is 0 Å². The van der Waals surface area contributed by atoms with Crippen LogP contribution in [0.3, 0.4) is 0 Å². The first-order valence-corrected chi connectivity index (χ1v) is 15.8. The van der Waals surface area contributed by atoms with Gasteiger partial charge in [0, 0.05) is 45.4 Å². The van der Waals surface area contributed by atoms with E-state index in [9.17, 15) is 34.5 Å². The summed E-state index contributed by atoms with van der Waals surface area (Å²) in [5.74, 6) is -4.35. The zero-order chi connectivity index (χ0) is 45.4. The van der Waals surface area contributed by atoms with E-state index >= 15 is 0 Å². The van der Waals surface area contributed by atoms with Gasteiger partial charge in [0.1, 0.15) is 24.2 Å². The number of aliphatic imine (C=N–C) groups is 4. The van der Waals surface area contributed by atoms with Crippen molar-refractivity contribution in [3.8, 4) is 0 Å². The number of hydrogen-bond acceptors (Lipinski definition) is 15. The van der Waals surface area contributed by atoms with Crippen molar-refractivity contribution < 1.29 is 86.8 Å². The van der Waals surface area contributed by atoms with Crippen molar-refractivity contribution in [1.82, 2.24) is 0 Å². The Morgan fingerprint density at radius 1 is 0.464 bits per heavy atom. The normalized spacial score (nSPS) is 11.2. The topological polar surface area (TPSA) is 642 Å². The fourth-order valence-corrected chi connectivity index (χ4v) is 2.63. The van der Waals surface area contributed by atoms with Gasteiger partial charge in [-0.25, -0.2) is 4.79 Å². The summed E-state index contributed by atoms with van der Waals surface area (Å²) in [6, 6.07) is -2.86. The molecule has 0 heterocycles. The maximum atomic E-state index is 10.2. The number of carbonyl (C=O) groups excluding carboxylic acids is 3. The third-order valence-corrected chi connectivity index (χ3v) is 5.30. The Hall–Kier alpha value is -6.66. The molecule has 0 radical (unpaired) electrons. The lowest BCUT2D eigenvalue weighted by Gasteiger charge is -2.07. The molecule has 56 heavy (non-hydrogen) atoms. The second-order valence-corrected chi connectivity index (χ2v) is 10.3. The third kappa shape index (κ3) is 72.9. The molecule has 31 N–H and O–H groups in total. The van der Waals surface area contributed by atoms with Crippen molar-refractivity contribution in [2.24, 2.45) is 71.6 Å². The summed E-state index contributed by atoms with van der Waals surface area (Å²) in [5.41, 5.74) is 55.8. The Morgan fingerprint density at radius 2 is 0.643 bits per heavy atom. The van der Waals surface area contributed by atoms with Gasteiger partial charge in [0.15, 0.2) is 23.8 Å². The van der Waals surface area contributed by atoms with Gasteiger partial charge in [0.05, 0.1) is 17.9 Å². The van der Waals surface area contributed by atoms with Crippen LogP contribution in [0.25, 0.3) is 0 Å². The summed E-state index contributed by atoms with van der Waals surface area (Å²) in [6.07, 6.45) is 0.120. The first-order valence-electron chi connectivity index (χ1n) is 15.8. The van der Waals surface area contributed by atoms with Crippen molar-refractivity contribution >= 4 is 60.0 Å². The van der Waals surface area contributed by atoms with Gasteiger partial charge in [-0.3, -0.25) is 24.8 Å². The molecule has 0 bridgehead atoms. The number of carboxylic acids is 4. The number of rotatable bonds is 20. The Kier molecular flexibility index (Phi) is 45.1. The van der Waals surface area contributed by atoms with Crippen LogP contribution in [0, 0.1) is 0 Å². The van der Waals surface area contributed by atoms with Crippen LogP contribution in [0.4, 0.5) is 9.59 Å². The van der Waals surface area contributed by atoms with Crippen LogP contribution in [0.15, 0.2) is 20.0 Å². The number of quaternary nitrogens is 3. The van der Waals surface area contributed by atoms with Crippen molar-refractivity contribution in [3.05, 3.63) is 0 Å². The Morgan fingerprint density at radius 3 is 0.786 bits per heavy atom. The molecule has 0 spiro atoms. The average Bonchev–Trinajstić information content (AvgIpc) is 3.04. The zero-order valence-corrected chi connectivity index (χ0v) is 30.8. The number of aliphatic carboxylic acids is 4. The molecule has 4 atom stereocenters. The van der Waals surface area contributed by atoms with Crippen molar-refractivity contribution in [3.63, 3.8) is 0 Å². The number of nitrogens with zero attached hydrogens (tertiary/aromatic N) is 4. The van der Waals surface area contributed by atoms with Gasteiger partial charge < -0.3 is 129 Å². The molecule has 0 aromatic carbocycles. The van der Waals surface area contributed by atoms with Crippen LogP contribution in [0.2, 0.25) is 0 Å². The molecule has 30 nitrogen and oxygen atoms in total. The van der Waals surface area contributed by atoms with Crippen LogP contribution >= 0.6 is 0 Å². The number of carboxylic acid groups (broad SMARTS) is 8. The molecule has 30 heteroatoms. The molecule has 328 valence electrons. The number of carbonyl (C=O) groups is 6. The van der Waals surface area contributed by atoms with E-state index in [0.717, 1.165) is 0 Å². The van der Waals surface area contributed by atoms with E-state index in [2.05, 4.69) is 37.2 Å². The molecule has 0 amide bonds. The largest absolute Gasteiger partial charge is 0.565 e. The summed E-state index contributed by atoms with van der Waals surface area (Å²) >= 11 is 0. The predicted octanol–water partition coefficient (Wildman–Crippen LogP) is -13.2. The fourth-order valence-electron chi connectivity index (χ4n) is 2.63. The van der Waals surface area contributed by atoms with E-state index < -0.39 is 60.4 Å². The summed E-state index contributed by atoms with van der Waals surface area (Å²) in [7, 11) is 0. The summed E-state index contributed by atoms with van der Waals surface area (Å²) in [5, 5.41) is 68.1. The molecule has 0 aromatic heterocycles. The summed E-state index contributed by atoms with van der Waals surface area (Å²) in [6.45, 7) is 1.72. The Balaban J connectivity index is -0.000000139. The second kappa shape index (κ2) is 41.1. The highest BCUT2D eigenvalue weighted by atomic mass is 16.6. The summed E-state index contributed by atoms with van der Waals surface area (Å²) in [4.78, 5) is 72.5. The monoisotopic (exact) mass is 819 g/mol. The minimum Gasteiger partial charge on any atom is -0.565 e. The van der Waals surface area contributed by atoms with Gasteiger partial charge in [-0.1, -0.05) is 0 Å². The maximum absolute atomic E-state index is 10.2. The lowest BCUT2D eigenvalue weighted by molar-refractivity contribution is -0.438. The molecule has 4 unspecified atom stereocenters. The van der Waals surface area contributed by atoms with Crippen LogP contribution in [-0.2, 0) is 19.2 Å². The molecule has 0 rings (SSSR count). The maximum Gasteiger partial charge on any atom is 0.503 e. The minimum absolute atomic E-state index is 0.0129. The van der Waals surface area contributed by atoms with Crippen molar-refractivity contribution in [2.75, 3.05) is 26.2 Å². The molecule has 0 aliphatic rings. The molecule has 0 aliphatic carbocycles. The van der Waals surface area contributed by atoms with E-state index in [0.29, 0.717) is 77.5 Å². The first-order chi connectivity index (χ1) is 25.6. The van der Waals surface area contributed by atoms with Gasteiger partial charge in [-0.2, -0.15) is 0 Å². The molecule has 0 saturated carbocycles. The zero-order valence-electron chi connectivity index (χ0n) is 30.8. The lowest BCUT2D eigenvalue weighted by atomic mass is 10.2. The Labute approximate surface area is 320 Å². The second-order valence-electron chi connectivity index (χ2n) is 10.3. The van der Waals surface area contributed by atoms with E-state index in [-0.39, 0.29) is 23.8 Å². The van der Waals surface area contributed by atoms with Crippen LogP contribution in [-0.4, -0.2) is 131 Å². The van der Waals surface area contributed by atoms with Gasteiger partial charge >= 0.3 is 12.1 Å². The fraction of sp³-hybridized carbons (Fsp3) is 0.615. The van der Waals surface area contributed by atoms with E-state index in [1.165, 1.54) is 0 Å². The van der Waals surface area contributed by atoms with Gasteiger partial charge in [-0.05, 0) is 32.1 Å². The van der Waals surface area contributed by atoms with E-state index in [1.54, 1.807) is 0 Å². The summed E-state index contributed by atoms with van der Waals surface area (Å²) < 4.78 is 0. The molecule has 0 aliphatic heterocycles. The van der Waals surface area contributed by atoms with Crippen LogP contribution in [0.1, 0.15) is 51.4 Å². The molecular weight excluding hydrogens is 760 g/mol. The highest BCUT2D eigenvalue weighted by molar-refractivity contribution is 5.77. The van der Waals surface area contributed by atoms with Crippen molar-refractivity contribution in [1.29, 1.82) is 0 Å². The van der Waals surface area contributed by atoms with E-state index in [4.69, 9.17) is 86.7 Å². The third-order valence-electron chi connectivity index (χ3n) is 5.30. The number of guanidine groups is 4. The molecule has 0 fully saturated rings. The number of hydrogen-bond donors (Lipinski definition) is 16. The van der Waals surface area contributed by atoms with Crippen LogP contribution < -0.4 is 89.2 Å². The SMILES string of the molecule is NC(N)=NCCCC(N)C(=O)O.NC(N)=NCCCC([NH3+])C(=O)[O-].NC(N)=NCCCC([NH3+])C(=O)[O-].NC(N)=NCCCC([NH3+])C(=O)[O-].O=C(O)O.O=C([O-])O.